The van der Waals surface area contributed by atoms with E-state index in [1.807, 2.05) is 12.1 Å². The van der Waals surface area contributed by atoms with E-state index in [9.17, 15) is 9.90 Å². The number of carboxylic acid groups (broad SMARTS) is 1. The Morgan fingerprint density at radius 1 is 1.10 bits per heavy atom. The molecule has 4 nitrogen and oxygen atoms in total. The SMILES string of the molecule is CN1CC2C3=C(CCC(C(C)(C)C)C3)N(c3cccc(C(=O)O)c3)C2c2ccccc21. The van der Waals surface area contributed by atoms with Crippen LogP contribution in [0.1, 0.15) is 62.0 Å². The van der Waals surface area contributed by atoms with Crippen LogP contribution < -0.4 is 9.80 Å². The van der Waals surface area contributed by atoms with Crippen LogP contribution in [0, 0.1) is 17.3 Å². The Bertz CT molecular complexity index is 1060. The minimum Gasteiger partial charge on any atom is -0.478 e. The molecule has 0 saturated heterocycles. The van der Waals surface area contributed by atoms with Crippen LogP contribution in [-0.4, -0.2) is 24.7 Å². The first-order chi connectivity index (χ1) is 14.8. The molecule has 3 atom stereocenters. The predicted molar refractivity (Wildman–Crippen MR) is 126 cm³/mol. The highest BCUT2D eigenvalue weighted by molar-refractivity contribution is 5.89. The zero-order valence-corrected chi connectivity index (χ0v) is 18.9. The van der Waals surface area contributed by atoms with E-state index in [1.54, 1.807) is 11.6 Å². The molecule has 0 fully saturated rings. The molecule has 5 rings (SSSR count). The van der Waals surface area contributed by atoms with Crippen molar-refractivity contribution in [1.29, 1.82) is 0 Å². The van der Waals surface area contributed by atoms with Crippen LogP contribution in [0.3, 0.4) is 0 Å². The molecule has 0 saturated carbocycles. The van der Waals surface area contributed by atoms with Gasteiger partial charge >= 0.3 is 5.97 Å². The number of rotatable bonds is 2. The number of para-hydroxylation sites is 1. The van der Waals surface area contributed by atoms with Crippen molar-refractivity contribution in [2.45, 2.75) is 46.1 Å². The summed E-state index contributed by atoms with van der Waals surface area (Å²) in [6.07, 6.45) is 3.40. The van der Waals surface area contributed by atoms with Gasteiger partial charge < -0.3 is 14.9 Å². The molecular weight excluding hydrogens is 384 g/mol. The zero-order chi connectivity index (χ0) is 21.9. The third-order valence-corrected chi connectivity index (χ3v) is 7.70. The Morgan fingerprint density at radius 3 is 2.61 bits per heavy atom. The van der Waals surface area contributed by atoms with Crippen molar-refractivity contribution in [1.82, 2.24) is 0 Å². The predicted octanol–water partition coefficient (Wildman–Crippen LogP) is 6.11. The van der Waals surface area contributed by atoms with Crippen LogP contribution >= 0.6 is 0 Å². The average molecular weight is 417 g/mol. The number of hydrogen-bond acceptors (Lipinski definition) is 3. The van der Waals surface area contributed by atoms with Crippen LogP contribution in [-0.2, 0) is 0 Å². The van der Waals surface area contributed by atoms with Crippen molar-refractivity contribution in [2.75, 3.05) is 23.4 Å². The zero-order valence-electron chi connectivity index (χ0n) is 18.9. The van der Waals surface area contributed by atoms with Crippen molar-refractivity contribution in [3.8, 4) is 0 Å². The largest absolute Gasteiger partial charge is 0.478 e. The van der Waals surface area contributed by atoms with Gasteiger partial charge in [0, 0.05) is 36.6 Å². The lowest BCUT2D eigenvalue weighted by Crippen LogP contribution is -2.39. The van der Waals surface area contributed by atoms with E-state index in [0.717, 1.165) is 25.1 Å². The number of allylic oxidation sites excluding steroid dienone is 1. The molecule has 1 N–H and O–H groups in total. The van der Waals surface area contributed by atoms with E-state index in [4.69, 9.17) is 0 Å². The van der Waals surface area contributed by atoms with E-state index in [2.05, 4.69) is 68.0 Å². The third-order valence-electron chi connectivity index (χ3n) is 7.70. The Kier molecular flexibility index (Phi) is 4.65. The first-order valence-corrected chi connectivity index (χ1v) is 11.4. The summed E-state index contributed by atoms with van der Waals surface area (Å²) < 4.78 is 0. The number of hydrogen-bond donors (Lipinski definition) is 1. The van der Waals surface area contributed by atoms with Gasteiger partial charge in [-0.3, -0.25) is 0 Å². The first-order valence-electron chi connectivity index (χ1n) is 11.4. The molecule has 0 amide bonds. The smallest absolute Gasteiger partial charge is 0.335 e. The summed E-state index contributed by atoms with van der Waals surface area (Å²) in [5.74, 6) is 0.250. The fourth-order valence-corrected chi connectivity index (χ4v) is 6.02. The topological polar surface area (TPSA) is 43.8 Å². The lowest BCUT2D eigenvalue weighted by atomic mass is 9.69. The standard InChI is InChI=1S/C27H32N2O2/c1-27(2,3)18-12-13-24-21(15-18)22-16-28(4)23-11-6-5-10-20(23)25(22)29(24)19-9-7-8-17(14-19)26(30)31/h5-11,14,18,22,25H,12-13,15-16H2,1-4H3,(H,30,31). The average Bonchev–Trinajstić information content (AvgIpc) is 3.07. The van der Waals surface area contributed by atoms with Gasteiger partial charge in [0.2, 0.25) is 0 Å². The molecule has 0 bridgehead atoms. The highest BCUT2D eigenvalue weighted by Crippen LogP contribution is 2.57. The number of nitrogens with zero attached hydrogens (tertiary/aromatic N) is 2. The third kappa shape index (κ3) is 3.24. The molecule has 2 heterocycles. The fraction of sp³-hybridized carbons (Fsp3) is 0.444. The number of fused-ring (bicyclic) bond motifs is 4. The maximum atomic E-state index is 11.7. The molecule has 31 heavy (non-hydrogen) atoms. The molecular formula is C27H32N2O2. The van der Waals surface area contributed by atoms with Gasteiger partial charge in [-0.25, -0.2) is 4.79 Å². The molecule has 3 aliphatic rings. The summed E-state index contributed by atoms with van der Waals surface area (Å²) >= 11 is 0. The summed E-state index contributed by atoms with van der Waals surface area (Å²) in [5.41, 5.74) is 7.32. The van der Waals surface area contributed by atoms with E-state index < -0.39 is 5.97 Å². The Hall–Kier alpha value is -2.75. The number of aromatic carboxylic acids is 1. The van der Waals surface area contributed by atoms with Gasteiger partial charge in [-0.1, -0.05) is 45.0 Å². The summed E-state index contributed by atoms with van der Waals surface area (Å²) in [7, 11) is 2.20. The van der Waals surface area contributed by atoms with E-state index >= 15 is 0 Å². The molecule has 2 aromatic rings. The van der Waals surface area contributed by atoms with Crippen LogP contribution in [0.15, 0.2) is 59.8 Å². The van der Waals surface area contributed by atoms with Gasteiger partial charge in [-0.15, -0.1) is 0 Å². The molecule has 0 aromatic heterocycles. The normalized spacial score (nSPS) is 25.2. The van der Waals surface area contributed by atoms with E-state index in [0.29, 0.717) is 22.8 Å². The monoisotopic (exact) mass is 416 g/mol. The lowest BCUT2D eigenvalue weighted by Gasteiger charge is -2.41. The number of carbonyl (C=O) groups is 1. The van der Waals surface area contributed by atoms with Crippen LogP contribution in [0.5, 0.6) is 0 Å². The van der Waals surface area contributed by atoms with Crippen molar-refractivity contribution in [3.63, 3.8) is 0 Å². The van der Waals surface area contributed by atoms with Crippen LogP contribution in [0.25, 0.3) is 0 Å². The molecule has 2 aliphatic heterocycles. The van der Waals surface area contributed by atoms with Crippen molar-refractivity contribution < 1.29 is 9.90 Å². The van der Waals surface area contributed by atoms with Gasteiger partial charge in [0.25, 0.3) is 0 Å². The highest BCUT2D eigenvalue weighted by Gasteiger charge is 2.48. The lowest BCUT2D eigenvalue weighted by molar-refractivity contribution is 0.0697. The molecule has 3 unspecified atom stereocenters. The summed E-state index contributed by atoms with van der Waals surface area (Å²) in [6.45, 7) is 8.11. The second-order valence-electron chi connectivity index (χ2n) is 10.5. The maximum absolute atomic E-state index is 11.7. The molecule has 0 spiro atoms. The van der Waals surface area contributed by atoms with Crippen molar-refractivity contribution in [3.05, 3.63) is 70.9 Å². The Morgan fingerprint density at radius 2 is 1.87 bits per heavy atom. The van der Waals surface area contributed by atoms with Crippen LogP contribution in [0.2, 0.25) is 0 Å². The quantitative estimate of drug-likeness (QED) is 0.641. The molecule has 0 radical (unpaired) electrons. The minimum atomic E-state index is -0.869. The van der Waals surface area contributed by atoms with Gasteiger partial charge in [0.15, 0.2) is 0 Å². The first kappa shape index (κ1) is 20.2. The second-order valence-corrected chi connectivity index (χ2v) is 10.5. The van der Waals surface area contributed by atoms with Gasteiger partial charge in [0.1, 0.15) is 0 Å². The summed E-state index contributed by atoms with van der Waals surface area (Å²) in [6, 6.07) is 16.5. The molecule has 162 valence electrons. The van der Waals surface area contributed by atoms with Gasteiger partial charge in [0.05, 0.1) is 11.6 Å². The Labute approximate surface area is 185 Å². The van der Waals surface area contributed by atoms with Crippen molar-refractivity contribution in [2.24, 2.45) is 17.3 Å². The van der Waals surface area contributed by atoms with Gasteiger partial charge in [-0.2, -0.15) is 0 Å². The Balaban J connectivity index is 1.66. The maximum Gasteiger partial charge on any atom is 0.335 e. The van der Waals surface area contributed by atoms with E-state index in [1.165, 1.54) is 23.4 Å². The minimum absolute atomic E-state index is 0.236. The second kappa shape index (κ2) is 7.15. The number of anilines is 2. The molecule has 2 aromatic carbocycles. The number of carboxylic acids is 1. The van der Waals surface area contributed by atoms with Gasteiger partial charge in [-0.05, 0) is 66.0 Å². The summed E-state index contributed by atoms with van der Waals surface area (Å²) in [4.78, 5) is 16.6. The fourth-order valence-electron chi connectivity index (χ4n) is 6.02. The van der Waals surface area contributed by atoms with Crippen molar-refractivity contribution >= 4 is 17.3 Å². The number of benzene rings is 2. The summed E-state index contributed by atoms with van der Waals surface area (Å²) in [5, 5.41) is 9.60. The molecule has 4 heteroatoms. The molecule has 1 aliphatic carbocycles. The van der Waals surface area contributed by atoms with Crippen LogP contribution in [0.4, 0.5) is 11.4 Å². The van der Waals surface area contributed by atoms with E-state index in [-0.39, 0.29) is 6.04 Å². The highest BCUT2D eigenvalue weighted by atomic mass is 16.4.